The number of rotatable bonds is 5. The number of carboxylic acid groups (broad SMARTS) is 1. The maximum absolute atomic E-state index is 11.2. The lowest BCUT2D eigenvalue weighted by atomic mass is 9.98. The SMILES string of the molecule is Cc1cccc(OCc2ccccc2)c1-c1cccc(C(=O)O)c1. The first-order valence-corrected chi connectivity index (χ1v) is 7.75. The van der Waals surface area contributed by atoms with E-state index in [1.807, 2.05) is 61.5 Å². The molecule has 1 N–H and O–H groups in total. The Hall–Kier alpha value is -3.07. The molecule has 3 aromatic carbocycles. The Morgan fingerprint density at radius 3 is 2.46 bits per heavy atom. The second kappa shape index (κ2) is 7.01. The molecule has 0 heterocycles. The summed E-state index contributed by atoms with van der Waals surface area (Å²) < 4.78 is 6.01. The summed E-state index contributed by atoms with van der Waals surface area (Å²) in [6.45, 7) is 2.47. The highest BCUT2D eigenvalue weighted by atomic mass is 16.5. The molecule has 3 heteroatoms. The number of carboxylic acids is 1. The highest BCUT2D eigenvalue weighted by Gasteiger charge is 2.12. The highest BCUT2D eigenvalue weighted by Crippen LogP contribution is 2.34. The summed E-state index contributed by atoms with van der Waals surface area (Å²) in [6.07, 6.45) is 0. The maximum Gasteiger partial charge on any atom is 0.335 e. The zero-order valence-electron chi connectivity index (χ0n) is 13.4. The topological polar surface area (TPSA) is 46.5 Å². The van der Waals surface area contributed by atoms with E-state index in [1.165, 1.54) is 0 Å². The van der Waals surface area contributed by atoms with Gasteiger partial charge in [0.05, 0.1) is 5.56 Å². The average molecular weight is 318 g/mol. The predicted octanol–water partition coefficient (Wildman–Crippen LogP) is 4.94. The molecule has 0 aliphatic rings. The first-order valence-electron chi connectivity index (χ1n) is 7.75. The van der Waals surface area contributed by atoms with Gasteiger partial charge in [0.1, 0.15) is 12.4 Å². The lowest BCUT2D eigenvalue weighted by molar-refractivity contribution is 0.0697. The molecule has 3 rings (SSSR count). The molecule has 0 aliphatic heterocycles. The molecule has 24 heavy (non-hydrogen) atoms. The Morgan fingerprint density at radius 1 is 0.958 bits per heavy atom. The molecule has 3 aromatic rings. The summed E-state index contributed by atoms with van der Waals surface area (Å²) >= 11 is 0. The summed E-state index contributed by atoms with van der Waals surface area (Å²) in [7, 11) is 0. The van der Waals surface area contributed by atoms with Crippen molar-refractivity contribution in [3.05, 3.63) is 89.5 Å². The van der Waals surface area contributed by atoms with Crippen LogP contribution in [0.25, 0.3) is 11.1 Å². The van der Waals surface area contributed by atoms with E-state index in [0.29, 0.717) is 6.61 Å². The minimum atomic E-state index is -0.933. The molecule has 0 saturated carbocycles. The Balaban J connectivity index is 1.96. The molecule has 0 aliphatic carbocycles. The second-order valence-corrected chi connectivity index (χ2v) is 5.61. The highest BCUT2D eigenvalue weighted by molar-refractivity contribution is 5.90. The molecule has 0 atom stereocenters. The first kappa shape index (κ1) is 15.8. The van der Waals surface area contributed by atoms with Crippen molar-refractivity contribution in [3.63, 3.8) is 0 Å². The van der Waals surface area contributed by atoms with Gasteiger partial charge in [0, 0.05) is 5.56 Å². The van der Waals surface area contributed by atoms with Crippen LogP contribution in [0.4, 0.5) is 0 Å². The third-order valence-electron chi connectivity index (χ3n) is 3.87. The minimum Gasteiger partial charge on any atom is -0.488 e. The minimum absolute atomic E-state index is 0.268. The van der Waals surface area contributed by atoms with Crippen LogP contribution in [0, 0.1) is 6.92 Å². The fraction of sp³-hybridized carbons (Fsp3) is 0.0952. The summed E-state index contributed by atoms with van der Waals surface area (Å²) in [4.78, 5) is 11.2. The van der Waals surface area contributed by atoms with Crippen molar-refractivity contribution < 1.29 is 14.6 Å². The number of hydrogen-bond acceptors (Lipinski definition) is 2. The van der Waals surface area contributed by atoms with Crippen LogP contribution in [-0.4, -0.2) is 11.1 Å². The number of ether oxygens (including phenoxy) is 1. The molecule has 0 spiro atoms. The molecule has 120 valence electrons. The molecule has 0 unspecified atom stereocenters. The van der Waals surface area contributed by atoms with Crippen LogP contribution < -0.4 is 4.74 Å². The number of carbonyl (C=O) groups is 1. The second-order valence-electron chi connectivity index (χ2n) is 5.61. The van der Waals surface area contributed by atoms with Crippen molar-refractivity contribution in [2.75, 3.05) is 0 Å². The van der Waals surface area contributed by atoms with E-state index < -0.39 is 5.97 Å². The van der Waals surface area contributed by atoms with E-state index in [1.54, 1.807) is 18.2 Å². The van der Waals surface area contributed by atoms with Crippen molar-refractivity contribution >= 4 is 5.97 Å². The first-order chi connectivity index (χ1) is 11.6. The zero-order valence-corrected chi connectivity index (χ0v) is 13.4. The molecule has 3 nitrogen and oxygen atoms in total. The lowest BCUT2D eigenvalue weighted by Crippen LogP contribution is -1.99. The van der Waals surface area contributed by atoms with Crippen molar-refractivity contribution in [1.82, 2.24) is 0 Å². The van der Waals surface area contributed by atoms with Gasteiger partial charge < -0.3 is 9.84 Å². The predicted molar refractivity (Wildman–Crippen MR) is 94.3 cm³/mol. The number of aromatic carboxylic acids is 1. The standard InChI is InChI=1S/C21H18O3/c1-15-7-5-12-19(24-14-16-8-3-2-4-9-16)20(15)17-10-6-11-18(13-17)21(22)23/h2-13H,14H2,1H3,(H,22,23). The molecular weight excluding hydrogens is 300 g/mol. The fourth-order valence-electron chi connectivity index (χ4n) is 2.67. The van der Waals surface area contributed by atoms with Gasteiger partial charge in [-0.05, 0) is 41.8 Å². The fourth-order valence-corrected chi connectivity index (χ4v) is 2.67. The molecular formula is C21H18O3. The van der Waals surface area contributed by atoms with Crippen LogP contribution in [0.5, 0.6) is 5.75 Å². The molecule has 0 aromatic heterocycles. The summed E-state index contributed by atoms with van der Waals surface area (Å²) in [5.74, 6) is -0.182. The van der Waals surface area contributed by atoms with Gasteiger partial charge in [0.2, 0.25) is 0 Å². The van der Waals surface area contributed by atoms with E-state index in [9.17, 15) is 9.90 Å². The Labute approximate surface area is 141 Å². The summed E-state index contributed by atoms with van der Waals surface area (Å²) in [5.41, 5.74) is 4.17. The summed E-state index contributed by atoms with van der Waals surface area (Å²) in [6, 6.07) is 22.8. The molecule has 0 bridgehead atoms. The maximum atomic E-state index is 11.2. The normalized spacial score (nSPS) is 10.4. The molecule has 0 radical (unpaired) electrons. The smallest absolute Gasteiger partial charge is 0.335 e. The zero-order chi connectivity index (χ0) is 16.9. The Bertz CT molecular complexity index is 854. The van der Waals surface area contributed by atoms with Crippen molar-refractivity contribution in [1.29, 1.82) is 0 Å². The third-order valence-corrected chi connectivity index (χ3v) is 3.87. The Kier molecular flexibility index (Phi) is 4.62. The van der Waals surface area contributed by atoms with Gasteiger partial charge in [-0.3, -0.25) is 0 Å². The van der Waals surface area contributed by atoms with Crippen LogP contribution in [0.15, 0.2) is 72.8 Å². The van der Waals surface area contributed by atoms with Gasteiger partial charge in [0.25, 0.3) is 0 Å². The third kappa shape index (κ3) is 3.46. The van der Waals surface area contributed by atoms with Crippen molar-refractivity contribution in [2.24, 2.45) is 0 Å². The quantitative estimate of drug-likeness (QED) is 0.725. The van der Waals surface area contributed by atoms with Gasteiger partial charge >= 0.3 is 5.97 Å². The molecule has 0 fully saturated rings. The largest absolute Gasteiger partial charge is 0.488 e. The van der Waals surface area contributed by atoms with Crippen LogP contribution in [-0.2, 0) is 6.61 Å². The van der Waals surface area contributed by atoms with Crippen molar-refractivity contribution in [3.8, 4) is 16.9 Å². The van der Waals surface area contributed by atoms with Crippen LogP contribution in [0.2, 0.25) is 0 Å². The number of benzene rings is 3. The van der Waals surface area contributed by atoms with Crippen LogP contribution >= 0.6 is 0 Å². The van der Waals surface area contributed by atoms with E-state index in [0.717, 1.165) is 28.0 Å². The molecule has 0 amide bonds. The van der Waals surface area contributed by atoms with E-state index in [4.69, 9.17) is 4.74 Å². The summed E-state index contributed by atoms with van der Waals surface area (Å²) in [5, 5.41) is 9.22. The van der Waals surface area contributed by atoms with Gasteiger partial charge in [-0.1, -0.05) is 54.6 Å². The van der Waals surface area contributed by atoms with Gasteiger partial charge in [-0.2, -0.15) is 0 Å². The average Bonchev–Trinajstić information content (AvgIpc) is 2.61. The number of hydrogen-bond donors (Lipinski definition) is 1. The Morgan fingerprint density at radius 2 is 1.71 bits per heavy atom. The number of aryl methyl sites for hydroxylation is 1. The van der Waals surface area contributed by atoms with Crippen LogP contribution in [0.1, 0.15) is 21.5 Å². The van der Waals surface area contributed by atoms with Gasteiger partial charge in [-0.15, -0.1) is 0 Å². The van der Waals surface area contributed by atoms with E-state index in [-0.39, 0.29) is 5.56 Å². The van der Waals surface area contributed by atoms with E-state index >= 15 is 0 Å². The van der Waals surface area contributed by atoms with E-state index in [2.05, 4.69) is 0 Å². The van der Waals surface area contributed by atoms with Gasteiger partial charge in [0.15, 0.2) is 0 Å². The van der Waals surface area contributed by atoms with Crippen LogP contribution in [0.3, 0.4) is 0 Å². The lowest BCUT2D eigenvalue weighted by Gasteiger charge is -2.15. The van der Waals surface area contributed by atoms with Gasteiger partial charge in [-0.25, -0.2) is 4.79 Å². The van der Waals surface area contributed by atoms with Crippen molar-refractivity contribution in [2.45, 2.75) is 13.5 Å². The molecule has 0 saturated heterocycles. The monoisotopic (exact) mass is 318 g/mol.